The zero-order chi connectivity index (χ0) is 13.9. The third-order valence-electron chi connectivity index (χ3n) is 3.16. The van der Waals surface area contributed by atoms with Gasteiger partial charge in [0.1, 0.15) is 0 Å². The topological polar surface area (TPSA) is 58.9 Å². The molecule has 0 bridgehead atoms. The molecule has 3 N–H and O–H groups in total. The third-order valence-corrected chi connectivity index (χ3v) is 4.20. The molecule has 4 heteroatoms. The van der Waals surface area contributed by atoms with Crippen LogP contribution >= 0.6 is 11.8 Å². The van der Waals surface area contributed by atoms with Crippen molar-refractivity contribution >= 4 is 28.6 Å². The van der Waals surface area contributed by atoms with Gasteiger partial charge in [-0.15, -0.1) is 11.8 Å². The summed E-state index contributed by atoms with van der Waals surface area (Å²) in [6.45, 7) is 0. The Kier molecular flexibility index (Phi) is 3.48. The number of aromatic nitrogens is 1. The third kappa shape index (κ3) is 2.42. The number of aromatic amines is 1. The lowest BCUT2D eigenvalue weighted by molar-refractivity contribution is 0.100. The zero-order valence-corrected chi connectivity index (χ0v) is 11.6. The number of hydrogen-bond acceptors (Lipinski definition) is 2. The Balaban J connectivity index is 1.95. The van der Waals surface area contributed by atoms with E-state index in [-0.39, 0.29) is 5.91 Å². The average Bonchev–Trinajstić information content (AvgIpc) is 2.84. The van der Waals surface area contributed by atoms with Crippen LogP contribution in [0.3, 0.4) is 0 Å². The second-order valence-corrected chi connectivity index (χ2v) is 5.54. The summed E-state index contributed by atoms with van der Waals surface area (Å²) in [5, 5.41) is 0.892. The molecule has 3 aromatic rings. The van der Waals surface area contributed by atoms with E-state index >= 15 is 0 Å². The van der Waals surface area contributed by atoms with Gasteiger partial charge in [-0.05, 0) is 18.2 Å². The second-order valence-electron chi connectivity index (χ2n) is 4.49. The van der Waals surface area contributed by atoms with Gasteiger partial charge in [0.2, 0.25) is 0 Å². The standard InChI is InChI=1S/C16H14N2OS/c17-16(19)15-12-8-4-5-9-13(12)18-14(15)10-20-11-6-2-1-3-7-11/h1-9,18H,10H2,(H2,17,19). The summed E-state index contributed by atoms with van der Waals surface area (Å²) >= 11 is 1.68. The van der Waals surface area contributed by atoms with Crippen LogP contribution in [0.1, 0.15) is 16.1 Å². The molecule has 2 aromatic carbocycles. The molecule has 0 aliphatic carbocycles. The van der Waals surface area contributed by atoms with Crippen LogP contribution in [-0.2, 0) is 5.75 Å². The summed E-state index contributed by atoms with van der Waals surface area (Å²) in [4.78, 5) is 16.2. The number of carbonyl (C=O) groups excluding carboxylic acids is 1. The number of fused-ring (bicyclic) bond motifs is 1. The van der Waals surface area contributed by atoms with Crippen molar-refractivity contribution in [2.75, 3.05) is 0 Å². The van der Waals surface area contributed by atoms with Crippen molar-refractivity contribution in [2.24, 2.45) is 5.73 Å². The minimum atomic E-state index is -0.383. The largest absolute Gasteiger partial charge is 0.366 e. The van der Waals surface area contributed by atoms with E-state index in [1.165, 1.54) is 4.90 Å². The molecule has 0 saturated carbocycles. The van der Waals surface area contributed by atoms with Crippen molar-refractivity contribution in [3.8, 4) is 0 Å². The van der Waals surface area contributed by atoms with Crippen LogP contribution in [0.2, 0.25) is 0 Å². The SMILES string of the molecule is NC(=O)c1c(CSc2ccccc2)[nH]c2ccccc12. The zero-order valence-electron chi connectivity index (χ0n) is 10.8. The molecule has 0 aliphatic heterocycles. The summed E-state index contributed by atoms with van der Waals surface area (Å²) in [5.74, 6) is 0.308. The monoisotopic (exact) mass is 282 g/mol. The Hall–Kier alpha value is -2.20. The van der Waals surface area contributed by atoms with Gasteiger partial charge in [0, 0.05) is 27.2 Å². The van der Waals surface area contributed by atoms with Crippen molar-refractivity contribution in [3.05, 3.63) is 65.9 Å². The molecule has 100 valence electrons. The molecule has 1 amide bonds. The molecule has 0 unspecified atom stereocenters. The minimum absolute atomic E-state index is 0.383. The number of nitrogens with two attached hydrogens (primary N) is 1. The predicted molar refractivity (Wildman–Crippen MR) is 82.8 cm³/mol. The van der Waals surface area contributed by atoms with Gasteiger partial charge in [0.05, 0.1) is 5.56 Å². The molecule has 0 saturated heterocycles. The number of nitrogens with one attached hydrogen (secondary N) is 1. The van der Waals surface area contributed by atoms with E-state index in [4.69, 9.17) is 5.73 Å². The maximum atomic E-state index is 11.7. The highest BCUT2D eigenvalue weighted by Gasteiger charge is 2.15. The van der Waals surface area contributed by atoms with Crippen molar-refractivity contribution in [3.63, 3.8) is 0 Å². The number of rotatable bonds is 4. The number of benzene rings is 2. The second kappa shape index (κ2) is 5.43. The van der Waals surface area contributed by atoms with Gasteiger partial charge in [0.25, 0.3) is 5.91 Å². The number of thioether (sulfide) groups is 1. The molecule has 20 heavy (non-hydrogen) atoms. The Morgan fingerprint density at radius 2 is 1.75 bits per heavy atom. The molecular formula is C16H14N2OS. The van der Waals surface area contributed by atoms with Crippen molar-refractivity contribution in [1.82, 2.24) is 4.98 Å². The average molecular weight is 282 g/mol. The fourth-order valence-corrected chi connectivity index (χ4v) is 3.14. The quantitative estimate of drug-likeness (QED) is 0.719. The molecule has 1 heterocycles. The predicted octanol–water partition coefficient (Wildman–Crippen LogP) is 3.56. The number of amides is 1. The van der Waals surface area contributed by atoms with Crippen molar-refractivity contribution in [1.29, 1.82) is 0 Å². The molecule has 3 nitrogen and oxygen atoms in total. The number of hydrogen-bond donors (Lipinski definition) is 2. The van der Waals surface area contributed by atoms with Gasteiger partial charge in [-0.3, -0.25) is 4.79 Å². The first kappa shape index (κ1) is 12.8. The number of H-pyrrole nitrogens is 1. The fraction of sp³-hybridized carbons (Fsp3) is 0.0625. The number of para-hydroxylation sites is 1. The van der Waals surface area contributed by atoms with E-state index in [0.717, 1.165) is 16.6 Å². The lowest BCUT2D eigenvalue weighted by atomic mass is 10.1. The Morgan fingerprint density at radius 3 is 2.50 bits per heavy atom. The molecule has 0 atom stereocenters. The Morgan fingerprint density at radius 1 is 1.05 bits per heavy atom. The number of primary amides is 1. The maximum Gasteiger partial charge on any atom is 0.251 e. The highest BCUT2D eigenvalue weighted by Crippen LogP contribution is 2.28. The van der Waals surface area contributed by atoms with Gasteiger partial charge in [-0.25, -0.2) is 0 Å². The highest BCUT2D eigenvalue weighted by atomic mass is 32.2. The molecule has 0 aliphatic rings. The van der Waals surface area contributed by atoms with Crippen LogP contribution in [0.15, 0.2) is 59.5 Å². The molecule has 0 radical (unpaired) electrons. The van der Waals surface area contributed by atoms with Gasteiger partial charge in [-0.2, -0.15) is 0 Å². The van der Waals surface area contributed by atoms with E-state index < -0.39 is 0 Å². The first-order valence-corrected chi connectivity index (χ1v) is 7.31. The van der Waals surface area contributed by atoms with Gasteiger partial charge < -0.3 is 10.7 Å². The maximum absolute atomic E-state index is 11.7. The van der Waals surface area contributed by atoms with Crippen molar-refractivity contribution < 1.29 is 4.79 Å². The van der Waals surface area contributed by atoms with Gasteiger partial charge in [0.15, 0.2) is 0 Å². The first-order valence-electron chi connectivity index (χ1n) is 6.33. The van der Waals surface area contributed by atoms with Crippen LogP contribution in [0.25, 0.3) is 10.9 Å². The van der Waals surface area contributed by atoms with Gasteiger partial charge in [-0.1, -0.05) is 36.4 Å². The first-order chi connectivity index (χ1) is 9.75. The molecule has 0 fully saturated rings. The Bertz CT molecular complexity index is 750. The summed E-state index contributed by atoms with van der Waals surface area (Å²) in [6, 6.07) is 17.8. The Labute approximate surface area is 121 Å². The highest BCUT2D eigenvalue weighted by molar-refractivity contribution is 7.98. The van der Waals surface area contributed by atoms with Crippen molar-refractivity contribution in [2.45, 2.75) is 10.6 Å². The van der Waals surface area contributed by atoms with Crippen LogP contribution in [0, 0.1) is 0 Å². The van der Waals surface area contributed by atoms with Gasteiger partial charge >= 0.3 is 0 Å². The molecule has 1 aromatic heterocycles. The molecular weight excluding hydrogens is 268 g/mol. The van der Waals surface area contributed by atoms with E-state index in [0.29, 0.717) is 11.3 Å². The molecule has 0 spiro atoms. The summed E-state index contributed by atoms with van der Waals surface area (Å²) in [7, 11) is 0. The van der Waals surface area contributed by atoms with Crippen LogP contribution in [-0.4, -0.2) is 10.9 Å². The van der Waals surface area contributed by atoms with E-state index in [2.05, 4.69) is 17.1 Å². The van der Waals surface area contributed by atoms with E-state index in [1.54, 1.807) is 11.8 Å². The summed E-state index contributed by atoms with van der Waals surface area (Å²) in [6.07, 6.45) is 0. The normalized spacial score (nSPS) is 10.8. The van der Waals surface area contributed by atoms with Crippen LogP contribution in [0.4, 0.5) is 0 Å². The summed E-state index contributed by atoms with van der Waals surface area (Å²) in [5.41, 5.74) is 7.96. The lowest BCUT2D eigenvalue weighted by Gasteiger charge is -2.02. The lowest BCUT2D eigenvalue weighted by Crippen LogP contribution is -2.12. The molecule has 3 rings (SSSR count). The smallest absolute Gasteiger partial charge is 0.251 e. The summed E-state index contributed by atoms with van der Waals surface area (Å²) < 4.78 is 0. The number of carbonyl (C=O) groups is 1. The van der Waals surface area contributed by atoms with E-state index in [1.807, 2.05) is 42.5 Å². The fourth-order valence-electron chi connectivity index (χ4n) is 2.26. The van der Waals surface area contributed by atoms with E-state index in [9.17, 15) is 4.79 Å². The van der Waals surface area contributed by atoms with Crippen LogP contribution < -0.4 is 5.73 Å². The van der Waals surface area contributed by atoms with Crippen LogP contribution in [0.5, 0.6) is 0 Å². The minimum Gasteiger partial charge on any atom is -0.366 e.